The highest BCUT2D eigenvalue weighted by Gasteiger charge is 2.35. The SMILES string of the molecule is O=C(C1CCN(CC(F)(F)F)CCO1)N1Cc2cccnc2Nc2ccc(N3CCOCC3)cc21. The highest BCUT2D eigenvalue weighted by molar-refractivity contribution is 6.01. The lowest BCUT2D eigenvalue weighted by atomic mass is 10.1. The summed E-state index contributed by atoms with van der Waals surface area (Å²) in [5.74, 6) is 0.402. The smallest absolute Gasteiger partial charge is 0.378 e. The number of nitrogens with zero attached hydrogens (tertiary/aromatic N) is 4. The van der Waals surface area contributed by atoms with Crippen molar-refractivity contribution in [3.05, 3.63) is 42.1 Å². The lowest BCUT2D eigenvalue weighted by molar-refractivity contribution is -0.145. The fraction of sp³-hybridized carbons (Fsp3) is 0.500. The summed E-state index contributed by atoms with van der Waals surface area (Å²) in [5, 5.41) is 3.34. The summed E-state index contributed by atoms with van der Waals surface area (Å²) in [6, 6.07) is 9.64. The van der Waals surface area contributed by atoms with E-state index in [1.54, 1.807) is 11.1 Å². The van der Waals surface area contributed by atoms with Crippen molar-refractivity contribution in [1.29, 1.82) is 0 Å². The Hall–Kier alpha value is -2.89. The second-order valence-electron chi connectivity index (χ2n) is 8.90. The predicted octanol–water partition coefficient (Wildman–Crippen LogP) is 3.16. The van der Waals surface area contributed by atoms with Gasteiger partial charge in [0.1, 0.15) is 11.9 Å². The van der Waals surface area contributed by atoms with Crippen LogP contribution in [-0.2, 0) is 20.8 Å². The second kappa shape index (κ2) is 10.00. The largest absolute Gasteiger partial charge is 0.401 e. The zero-order valence-electron chi connectivity index (χ0n) is 19.3. The maximum absolute atomic E-state index is 13.8. The summed E-state index contributed by atoms with van der Waals surface area (Å²) in [5.41, 5.74) is 3.25. The Kier molecular flexibility index (Phi) is 6.81. The fourth-order valence-electron chi connectivity index (χ4n) is 4.73. The summed E-state index contributed by atoms with van der Waals surface area (Å²) in [6.07, 6.45) is -3.23. The second-order valence-corrected chi connectivity index (χ2v) is 8.90. The minimum atomic E-state index is -4.29. The van der Waals surface area contributed by atoms with Gasteiger partial charge in [0.25, 0.3) is 5.91 Å². The van der Waals surface area contributed by atoms with Crippen LogP contribution in [0.3, 0.4) is 0 Å². The number of fused-ring (bicyclic) bond motifs is 2. The van der Waals surface area contributed by atoms with E-state index >= 15 is 0 Å². The molecule has 2 fully saturated rings. The highest BCUT2D eigenvalue weighted by Crippen LogP contribution is 2.38. The van der Waals surface area contributed by atoms with Crippen LogP contribution in [0.1, 0.15) is 12.0 Å². The molecule has 4 heterocycles. The first kappa shape index (κ1) is 23.8. The standard InChI is InChI=1S/C24H28F3N5O3/c25-24(26,27)16-30-7-5-21(35-13-8-30)23(33)32-15-17-2-1-6-28-22(17)29-19-4-3-18(14-20(19)32)31-9-11-34-12-10-31/h1-4,6,14,21H,5,7-13,15-16H2,(H,28,29). The number of alkyl halides is 3. The van der Waals surface area contributed by atoms with Crippen molar-refractivity contribution in [3.63, 3.8) is 0 Å². The van der Waals surface area contributed by atoms with Gasteiger partial charge in [0, 0.05) is 43.6 Å². The average molecular weight is 492 g/mol. The summed E-state index contributed by atoms with van der Waals surface area (Å²) in [6.45, 7) is 2.39. The maximum atomic E-state index is 13.8. The van der Waals surface area contributed by atoms with Gasteiger partial charge in [-0.05, 0) is 30.7 Å². The van der Waals surface area contributed by atoms with E-state index in [-0.39, 0.29) is 38.6 Å². The first-order valence-corrected chi connectivity index (χ1v) is 11.8. The molecule has 1 aromatic carbocycles. The predicted molar refractivity (Wildman–Crippen MR) is 125 cm³/mol. The van der Waals surface area contributed by atoms with E-state index < -0.39 is 18.8 Å². The van der Waals surface area contributed by atoms with Gasteiger partial charge in [0.15, 0.2) is 0 Å². The number of nitrogens with one attached hydrogen (secondary N) is 1. The molecule has 11 heteroatoms. The van der Waals surface area contributed by atoms with Gasteiger partial charge in [-0.15, -0.1) is 0 Å². The Morgan fingerprint density at radius 2 is 1.94 bits per heavy atom. The lowest BCUT2D eigenvalue weighted by Gasteiger charge is -2.31. The molecule has 1 unspecified atom stereocenters. The topological polar surface area (TPSA) is 70.2 Å². The number of hydrogen-bond acceptors (Lipinski definition) is 7. The third-order valence-corrected chi connectivity index (χ3v) is 6.50. The summed E-state index contributed by atoms with van der Waals surface area (Å²) in [4.78, 5) is 23.4. The third-order valence-electron chi connectivity index (χ3n) is 6.50. The van der Waals surface area contributed by atoms with Crippen molar-refractivity contribution < 1.29 is 27.4 Å². The molecule has 0 aliphatic carbocycles. The molecule has 3 aliphatic heterocycles. The molecule has 0 radical (unpaired) electrons. The quantitative estimate of drug-likeness (QED) is 0.708. The molecule has 1 amide bonds. The normalized spacial score (nSPS) is 21.4. The number of morpholine rings is 1. The molecule has 35 heavy (non-hydrogen) atoms. The van der Waals surface area contributed by atoms with E-state index in [1.807, 2.05) is 30.3 Å². The van der Waals surface area contributed by atoms with Crippen molar-refractivity contribution in [2.75, 3.05) is 67.7 Å². The van der Waals surface area contributed by atoms with Gasteiger partial charge in [0.2, 0.25) is 0 Å². The fourth-order valence-corrected chi connectivity index (χ4v) is 4.73. The molecule has 2 aromatic rings. The molecule has 0 saturated carbocycles. The van der Waals surface area contributed by atoms with Crippen LogP contribution in [0, 0.1) is 0 Å². The number of hydrogen-bond donors (Lipinski definition) is 1. The number of halogens is 3. The number of carbonyl (C=O) groups excluding carboxylic acids is 1. The van der Waals surface area contributed by atoms with Crippen LogP contribution in [0.25, 0.3) is 0 Å². The Bertz CT molecular complexity index is 1060. The number of anilines is 4. The Morgan fingerprint density at radius 1 is 1.11 bits per heavy atom. The molecular weight excluding hydrogens is 463 g/mol. The van der Waals surface area contributed by atoms with Gasteiger partial charge in [-0.3, -0.25) is 9.69 Å². The molecule has 1 atom stereocenters. The molecule has 188 valence electrons. The van der Waals surface area contributed by atoms with Crippen LogP contribution in [0.4, 0.5) is 36.1 Å². The van der Waals surface area contributed by atoms with Crippen LogP contribution < -0.4 is 15.1 Å². The molecule has 0 spiro atoms. The molecule has 2 saturated heterocycles. The lowest BCUT2D eigenvalue weighted by Crippen LogP contribution is -2.41. The molecule has 5 rings (SSSR count). The minimum Gasteiger partial charge on any atom is -0.378 e. The Morgan fingerprint density at radius 3 is 2.74 bits per heavy atom. The molecular formula is C24H28F3N5O3. The third kappa shape index (κ3) is 5.52. The molecule has 0 bridgehead atoms. The zero-order valence-corrected chi connectivity index (χ0v) is 19.3. The van der Waals surface area contributed by atoms with Crippen LogP contribution in [-0.4, -0.2) is 80.6 Å². The van der Waals surface area contributed by atoms with Crippen molar-refractivity contribution in [2.24, 2.45) is 0 Å². The van der Waals surface area contributed by atoms with E-state index in [9.17, 15) is 18.0 Å². The van der Waals surface area contributed by atoms with Crippen molar-refractivity contribution in [3.8, 4) is 0 Å². The number of carbonyl (C=O) groups is 1. The van der Waals surface area contributed by atoms with Crippen LogP contribution in [0.15, 0.2) is 36.5 Å². The van der Waals surface area contributed by atoms with Crippen LogP contribution >= 0.6 is 0 Å². The van der Waals surface area contributed by atoms with Crippen molar-refractivity contribution in [1.82, 2.24) is 9.88 Å². The molecule has 1 N–H and O–H groups in total. The molecule has 8 nitrogen and oxygen atoms in total. The van der Waals surface area contributed by atoms with Crippen molar-refractivity contribution >= 4 is 28.8 Å². The van der Waals surface area contributed by atoms with E-state index in [0.717, 1.165) is 30.0 Å². The first-order valence-electron chi connectivity index (χ1n) is 11.8. The number of amides is 1. The zero-order chi connectivity index (χ0) is 24.4. The number of pyridine rings is 1. The van der Waals surface area contributed by atoms with E-state index in [2.05, 4.69) is 15.2 Å². The number of rotatable bonds is 3. The number of ether oxygens (including phenoxy) is 2. The highest BCUT2D eigenvalue weighted by atomic mass is 19.4. The van der Waals surface area contributed by atoms with Gasteiger partial charge in [-0.1, -0.05) is 6.07 Å². The minimum absolute atomic E-state index is 0.0669. The van der Waals surface area contributed by atoms with Gasteiger partial charge in [-0.2, -0.15) is 13.2 Å². The van der Waals surface area contributed by atoms with Gasteiger partial charge < -0.3 is 24.6 Å². The van der Waals surface area contributed by atoms with Crippen LogP contribution in [0.5, 0.6) is 0 Å². The van der Waals surface area contributed by atoms with E-state index in [0.29, 0.717) is 24.7 Å². The maximum Gasteiger partial charge on any atom is 0.401 e. The number of aromatic nitrogens is 1. The van der Waals surface area contributed by atoms with Gasteiger partial charge in [0.05, 0.1) is 44.3 Å². The van der Waals surface area contributed by atoms with Gasteiger partial charge >= 0.3 is 6.18 Å². The average Bonchev–Trinajstić information content (AvgIpc) is 3.17. The van der Waals surface area contributed by atoms with E-state index in [4.69, 9.17) is 9.47 Å². The van der Waals surface area contributed by atoms with E-state index in [1.165, 1.54) is 4.90 Å². The summed E-state index contributed by atoms with van der Waals surface area (Å²) < 4.78 is 49.9. The Balaban J connectivity index is 1.43. The Labute approximate surface area is 201 Å². The first-order chi connectivity index (χ1) is 16.9. The summed E-state index contributed by atoms with van der Waals surface area (Å²) in [7, 11) is 0. The molecule has 3 aliphatic rings. The number of benzene rings is 1. The van der Waals surface area contributed by atoms with Gasteiger partial charge in [-0.25, -0.2) is 4.98 Å². The molecule has 1 aromatic heterocycles. The monoisotopic (exact) mass is 491 g/mol. The van der Waals surface area contributed by atoms with Crippen molar-refractivity contribution in [2.45, 2.75) is 25.2 Å². The summed E-state index contributed by atoms with van der Waals surface area (Å²) >= 11 is 0. The van der Waals surface area contributed by atoms with Crippen LogP contribution in [0.2, 0.25) is 0 Å².